The van der Waals surface area contributed by atoms with Crippen molar-refractivity contribution < 1.29 is 9.53 Å². The monoisotopic (exact) mass is 259 g/mol. The van der Waals surface area contributed by atoms with E-state index in [0.29, 0.717) is 12.0 Å². The van der Waals surface area contributed by atoms with Crippen LogP contribution in [0.3, 0.4) is 0 Å². The summed E-state index contributed by atoms with van der Waals surface area (Å²) in [5.41, 5.74) is 11.4. The first-order valence-electron chi connectivity index (χ1n) is 5.98. The molecule has 0 aliphatic carbocycles. The molecule has 0 aromatic carbocycles. The largest absolute Gasteiger partial charge is 0.462 e. The Morgan fingerprint density at radius 1 is 1.44 bits per heavy atom. The number of nitrogens with two attached hydrogens (primary N) is 2. The Balaban J connectivity index is 0. The molecule has 108 valence electrons. The van der Waals surface area contributed by atoms with Crippen LogP contribution in [0.5, 0.6) is 0 Å². The van der Waals surface area contributed by atoms with Gasteiger partial charge in [-0.25, -0.2) is 4.79 Å². The molecular formula is C13H29N3O2. The third-order valence-corrected chi connectivity index (χ3v) is 2.26. The van der Waals surface area contributed by atoms with Gasteiger partial charge >= 0.3 is 5.97 Å². The number of hydrogen-bond acceptors (Lipinski definition) is 5. The molecule has 0 spiro atoms. The van der Waals surface area contributed by atoms with Crippen LogP contribution in [0.1, 0.15) is 27.2 Å². The summed E-state index contributed by atoms with van der Waals surface area (Å²) < 4.78 is 4.92. The van der Waals surface area contributed by atoms with Crippen LogP contribution >= 0.6 is 0 Å². The number of carbonyl (C=O) groups excluding carboxylic acids is 1. The molecule has 0 radical (unpaired) electrons. The molecule has 0 saturated carbocycles. The summed E-state index contributed by atoms with van der Waals surface area (Å²) in [5, 5.41) is 0. The number of carbonyl (C=O) groups is 1. The molecule has 0 amide bonds. The van der Waals surface area contributed by atoms with E-state index in [2.05, 4.69) is 6.58 Å². The van der Waals surface area contributed by atoms with Gasteiger partial charge in [0.25, 0.3) is 0 Å². The highest BCUT2D eigenvalue weighted by Crippen LogP contribution is 2.09. The zero-order valence-corrected chi connectivity index (χ0v) is 12.6. The van der Waals surface area contributed by atoms with E-state index in [0.717, 1.165) is 0 Å². The highest BCUT2D eigenvalue weighted by atomic mass is 16.5. The van der Waals surface area contributed by atoms with E-state index in [1.54, 1.807) is 6.92 Å². The molecule has 2 atom stereocenters. The van der Waals surface area contributed by atoms with Gasteiger partial charge in [-0.2, -0.15) is 0 Å². The van der Waals surface area contributed by atoms with Crippen LogP contribution < -0.4 is 11.5 Å². The van der Waals surface area contributed by atoms with Crippen LogP contribution in [-0.4, -0.2) is 50.2 Å². The molecule has 0 aliphatic heterocycles. The Morgan fingerprint density at radius 3 is 2.11 bits per heavy atom. The zero-order valence-electron chi connectivity index (χ0n) is 12.6. The first kappa shape index (κ1) is 19.4. The fraction of sp³-hybridized carbons (Fsp3) is 0.769. The quantitative estimate of drug-likeness (QED) is 0.562. The molecule has 0 bridgehead atoms. The van der Waals surface area contributed by atoms with E-state index in [9.17, 15) is 4.79 Å². The predicted octanol–water partition coefficient (Wildman–Crippen LogP) is 0.738. The van der Waals surface area contributed by atoms with Gasteiger partial charge < -0.3 is 21.1 Å². The number of rotatable bonds is 5. The van der Waals surface area contributed by atoms with Crippen molar-refractivity contribution in [3.8, 4) is 0 Å². The second kappa shape index (κ2) is 9.08. The van der Waals surface area contributed by atoms with Crippen molar-refractivity contribution in [1.82, 2.24) is 4.90 Å². The molecule has 0 heterocycles. The third kappa shape index (κ3) is 11.6. The van der Waals surface area contributed by atoms with Gasteiger partial charge in [-0.1, -0.05) is 6.58 Å². The Hall–Kier alpha value is -0.910. The maximum atomic E-state index is 11.0. The van der Waals surface area contributed by atoms with Crippen molar-refractivity contribution in [2.75, 3.05) is 27.7 Å². The van der Waals surface area contributed by atoms with E-state index in [1.165, 1.54) is 0 Å². The second-order valence-electron chi connectivity index (χ2n) is 5.30. The molecule has 5 nitrogen and oxygen atoms in total. The molecule has 5 heteroatoms. The summed E-state index contributed by atoms with van der Waals surface area (Å²) in [5.74, 6) is -0.384. The highest BCUT2D eigenvalue weighted by molar-refractivity contribution is 5.86. The van der Waals surface area contributed by atoms with Crippen LogP contribution in [0.25, 0.3) is 0 Å². The summed E-state index contributed by atoms with van der Waals surface area (Å²) in [6.07, 6.45) is 0.545. The molecule has 0 aromatic heterocycles. The van der Waals surface area contributed by atoms with Gasteiger partial charge in [-0.05, 0) is 41.9 Å². The maximum absolute atomic E-state index is 11.0. The van der Waals surface area contributed by atoms with E-state index in [4.69, 9.17) is 16.2 Å². The van der Waals surface area contributed by atoms with Crippen molar-refractivity contribution in [3.05, 3.63) is 12.2 Å². The predicted molar refractivity (Wildman–Crippen MR) is 76.2 cm³/mol. The minimum atomic E-state index is -0.505. The van der Waals surface area contributed by atoms with Crippen molar-refractivity contribution in [2.24, 2.45) is 11.5 Å². The Morgan fingerprint density at radius 2 is 1.83 bits per heavy atom. The van der Waals surface area contributed by atoms with E-state index in [1.807, 2.05) is 39.9 Å². The van der Waals surface area contributed by atoms with Gasteiger partial charge in [0.05, 0.1) is 6.61 Å². The molecular weight excluding hydrogens is 230 g/mol. The summed E-state index contributed by atoms with van der Waals surface area (Å²) in [6, 6.07) is -0.133. The summed E-state index contributed by atoms with van der Waals surface area (Å²) >= 11 is 0. The Labute approximate surface area is 111 Å². The molecule has 0 aliphatic rings. The SMILES string of the molecule is C=C(C)C(=O)OCCC(C)(N)C(C)N.CN(C)C. The second-order valence-corrected chi connectivity index (χ2v) is 5.30. The molecule has 0 rings (SSSR count). The number of nitrogens with zero attached hydrogens (tertiary/aromatic N) is 1. The van der Waals surface area contributed by atoms with E-state index < -0.39 is 5.54 Å². The van der Waals surface area contributed by atoms with Crippen molar-refractivity contribution in [2.45, 2.75) is 38.8 Å². The average Bonchev–Trinajstić information content (AvgIpc) is 2.15. The van der Waals surface area contributed by atoms with Crippen molar-refractivity contribution in [1.29, 1.82) is 0 Å². The van der Waals surface area contributed by atoms with Gasteiger partial charge in [-0.15, -0.1) is 0 Å². The maximum Gasteiger partial charge on any atom is 0.333 e. The van der Waals surface area contributed by atoms with Gasteiger partial charge in [0, 0.05) is 23.6 Å². The normalized spacial score (nSPS) is 15.2. The smallest absolute Gasteiger partial charge is 0.333 e. The van der Waals surface area contributed by atoms with Crippen LogP contribution in [0.15, 0.2) is 12.2 Å². The lowest BCUT2D eigenvalue weighted by molar-refractivity contribution is -0.139. The summed E-state index contributed by atoms with van der Waals surface area (Å²) in [7, 11) is 6.00. The number of esters is 1. The molecule has 18 heavy (non-hydrogen) atoms. The van der Waals surface area contributed by atoms with E-state index in [-0.39, 0.29) is 18.6 Å². The zero-order chi connectivity index (χ0) is 14.9. The first-order chi connectivity index (χ1) is 8.00. The number of hydrogen-bond donors (Lipinski definition) is 2. The van der Waals surface area contributed by atoms with Crippen LogP contribution in [-0.2, 0) is 9.53 Å². The molecule has 0 fully saturated rings. The molecule has 2 unspecified atom stereocenters. The van der Waals surface area contributed by atoms with Crippen LogP contribution in [0, 0.1) is 0 Å². The van der Waals surface area contributed by atoms with Crippen LogP contribution in [0.2, 0.25) is 0 Å². The third-order valence-electron chi connectivity index (χ3n) is 2.26. The summed E-state index contributed by atoms with van der Waals surface area (Å²) in [6.45, 7) is 9.03. The van der Waals surface area contributed by atoms with Crippen molar-refractivity contribution in [3.63, 3.8) is 0 Å². The molecule has 4 N–H and O–H groups in total. The van der Waals surface area contributed by atoms with Gasteiger partial charge in [0.2, 0.25) is 0 Å². The van der Waals surface area contributed by atoms with E-state index >= 15 is 0 Å². The first-order valence-corrected chi connectivity index (χ1v) is 5.98. The fourth-order valence-electron chi connectivity index (χ4n) is 0.715. The van der Waals surface area contributed by atoms with Crippen molar-refractivity contribution >= 4 is 5.97 Å². The highest BCUT2D eigenvalue weighted by Gasteiger charge is 2.23. The van der Waals surface area contributed by atoms with Gasteiger partial charge in [0.15, 0.2) is 0 Å². The molecule has 0 aromatic rings. The number of ether oxygens (including phenoxy) is 1. The minimum absolute atomic E-state index is 0.133. The molecule has 0 saturated heterocycles. The van der Waals surface area contributed by atoms with Crippen LogP contribution in [0.4, 0.5) is 0 Å². The lowest BCUT2D eigenvalue weighted by atomic mass is 9.92. The van der Waals surface area contributed by atoms with Gasteiger partial charge in [-0.3, -0.25) is 0 Å². The average molecular weight is 259 g/mol. The topological polar surface area (TPSA) is 81.6 Å². The fourth-order valence-corrected chi connectivity index (χ4v) is 0.715. The summed E-state index contributed by atoms with van der Waals surface area (Å²) in [4.78, 5) is 13.0. The Kier molecular flexibility index (Phi) is 9.80. The lowest BCUT2D eigenvalue weighted by Gasteiger charge is -2.28. The Bertz CT molecular complexity index is 258. The van der Waals surface area contributed by atoms with Gasteiger partial charge in [0.1, 0.15) is 0 Å². The standard InChI is InChI=1S/C10H20N2O2.C3H9N/c1-7(2)9(13)14-6-5-10(4,12)8(3)11;1-4(2)3/h8H,1,5-6,11-12H2,2-4H3;1-3H3. The lowest BCUT2D eigenvalue weighted by Crippen LogP contribution is -2.51. The minimum Gasteiger partial charge on any atom is -0.462 e.